The van der Waals surface area contributed by atoms with Crippen LogP contribution >= 0.6 is 0 Å². The summed E-state index contributed by atoms with van der Waals surface area (Å²) in [5.74, 6) is 19.0. The zero-order valence-electron chi connectivity index (χ0n) is 22.7. The third kappa shape index (κ3) is 7.75. The molecule has 0 aliphatic heterocycles. The Hall–Kier alpha value is -6.54. The van der Waals surface area contributed by atoms with Crippen molar-refractivity contribution in [2.75, 3.05) is 0 Å². The molecule has 190 valence electrons. The largest absolute Gasteiger partial charge is 0.0824 e. The first-order valence-electron chi connectivity index (χ1n) is 13.3. The molecule has 0 bridgehead atoms. The molecule has 0 nitrogen and oxygen atoms in total. The molecule has 0 aromatic heterocycles. The molecule has 1 aliphatic rings. The summed E-state index contributed by atoms with van der Waals surface area (Å²) < 4.78 is 0. The Bertz CT molecular complexity index is 1950. The lowest BCUT2D eigenvalue weighted by atomic mass is 10.0. The Morgan fingerprint density at radius 3 is 0.881 bits per heavy atom. The summed E-state index contributed by atoms with van der Waals surface area (Å²) in [5.41, 5.74) is 25.5. The van der Waals surface area contributed by atoms with E-state index in [9.17, 15) is 0 Å². The van der Waals surface area contributed by atoms with Crippen LogP contribution in [-0.2, 0) is 0 Å². The first-order chi connectivity index (χ1) is 20.9. The van der Waals surface area contributed by atoms with E-state index in [4.69, 9.17) is 0 Å². The highest BCUT2D eigenvalue weighted by Crippen LogP contribution is 2.16. The van der Waals surface area contributed by atoms with Gasteiger partial charge in [-0.05, 0) is 22.3 Å². The first-order valence-corrected chi connectivity index (χ1v) is 13.3. The SMILES string of the molecule is C1=C=C(c2ccccc2)C#CC(c2ccccc2)=C=C=CC#CC(c2ccccc2)=C=C=C(c2ccccc2)C#CC=1. The Morgan fingerprint density at radius 1 is 0.286 bits per heavy atom. The number of rotatable bonds is 4. The topological polar surface area (TPSA) is 0 Å². The average molecular weight is 527 g/mol. The predicted molar refractivity (Wildman–Crippen MR) is 173 cm³/mol. The summed E-state index contributed by atoms with van der Waals surface area (Å²) in [6, 6.07) is 39.6. The Balaban J connectivity index is 1.79. The monoisotopic (exact) mass is 526 g/mol. The minimum atomic E-state index is 0.683. The lowest BCUT2D eigenvalue weighted by Crippen LogP contribution is -1.81. The normalized spacial score (nSPS) is 12.0. The number of benzene rings is 4. The second-order valence-corrected chi connectivity index (χ2v) is 8.83. The summed E-state index contributed by atoms with van der Waals surface area (Å²) in [5, 5.41) is 0. The maximum atomic E-state index is 3.26. The van der Waals surface area contributed by atoms with Gasteiger partial charge in [-0.15, -0.1) is 0 Å². The Morgan fingerprint density at radius 2 is 0.571 bits per heavy atom. The molecule has 0 saturated heterocycles. The fourth-order valence-electron chi connectivity index (χ4n) is 3.88. The van der Waals surface area contributed by atoms with Crippen LogP contribution in [0.5, 0.6) is 0 Å². The van der Waals surface area contributed by atoms with Crippen LogP contribution < -0.4 is 0 Å². The van der Waals surface area contributed by atoms with E-state index in [0.717, 1.165) is 22.3 Å². The molecule has 0 atom stereocenters. The van der Waals surface area contributed by atoms with E-state index in [1.165, 1.54) is 0 Å². The molecule has 0 unspecified atom stereocenters. The lowest BCUT2D eigenvalue weighted by Gasteiger charge is -1.97. The van der Waals surface area contributed by atoms with Crippen molar-refractivity contribution in [2.45, 2.75) is 0 Å². The number of hydrogen-bond acceptors (Lipinski definition) is 0. The van der Waals surface area contributed by atoms with Crippen molar-refractivity contribution >= 4 is 22.3 Å². The van der Waals surface area contributed by atoms with E-state index in [2.05, 4.69) is 69.9 Å². The van der Waals surface area contributed by atoms with Crippen molar-refractivity contribution in [2.24, 2.45) is 0 Å². The van der Waals surface area contributed by atoms with Gasteiger partial charge in [-0.1, -0.05) is 191 Å². The molecule has 42 heavy (non-hydrogen) atoms. The molecular weight excluding hydrogens is 504 g/mol. The van der Waals surface area contributed by atoms with Gasteiger partial charge in [0, 0.05) is 12.2 Å². The van der Waals surface area contributed by atoms with Gasteiger partial charge < -0.3 is 0 Å². The minimum absolute atomic E-state index is 0.683. The summed E-state index contributed by atoms with van der Waals surface area (Å²) in [6.07, 6.45) is 3.27. The zero-order valence-corrected chi connectivity index (χ0v) is 22.7. The highest BCUT2D eigenvalue weighted by Gasteiger charge is 2.00. The molecule has 4 aromatic carbocycles. The molecule has 0 saturated carbocycles. The third-order valence-electron chi connectivity index (χ3n) is 5.95. The van der Waals surface area contributed by atoms with E-state index in [0.29, 0.717) is 22.3 Å². The second kappa shape index (κ2) is 14.6. The van der Waals surface area contributed by atoms with E-state index in [1.807, 2.05) is 121 Å². The third-order valence-corrected chi connectivity index (χ3v) is 5.95. The molecule has 0 fully saturated rings. The van der Waals surface area contributed by atoms with Gasteiger partial charge in [-0.3, -0.25) is 0 Å². The van der Waals surface area contributed by atoms with Crippen LogP contribution in [0.3, 0.4) is 0 Å². The van der Waals surface area contributed by atoms with Gasteiger partial charge >= 0.3 is 0 Å². The smallest absolute Gasteiger partial charge is 0.0622 e. The van der Waals surface area contributed by atoms with Crippen LogP contribution in [0.4, 0.5) is 0 Å². The van der Waals surface area contributed by atoms with Crippen molar-refractivity contribution in [3.63, 3.8) is 0 Å². The highest BCUT2D eigenvalue weighted by molar-refractivity contribution is 5.86. The summed E-state index contributed by atoms with van der Waals surface area (Å²) in [4.78, 5) is 0. The van der Waals surface area contributed by atoms with Gasteiger partial charge in [-0.2, -0.15) is 0 Å². The van der Waals surface area contributed by atoms with Crippen LogP contribution in [0.25, 0.3) is 22.3 Å². The van der Waals surface area contributed by atoms with E-state index in [1.54, 1.807) is 12.2 Å². The van der Waals surface area contributed by atoms with E-state index in [-0.39, 0.29) is 0 Å². The summed E-state index contributed by atoms with van der Waals surface area (Å²) >= 11 is 0. The van der Waals surface area contributed by atoms with Crippen molar-refractivity contribution < 1.29 is 0 Å². The quantitative estimate of drug-likeness (QED) is 0.184. The fourth-order valence-corrected chi connectivity index (χ4v) is 3.88. The molecule has 0 amide bonds. The lowest BCUT2D eigenvalue weighted by molar-refractivity contribution is 1.63. The van der Waals surface area contributed by atoms with Crippen molar-refractivity contribution in [1.82, 2.24) is 0 Å². The summed E-state index contributed by atoms with van der Waals surface area (Å²) in [7, 11) is 0. The maximum absolute atomic E-state index is 3.26. The first kappa shape index (κ1) is 27.0. The van der Waals surface area contributed by atoms with Crippen molar-refractivity contribution in [3.05, 3.63) is 190 Å². The molecule has 0 spiro atoms. The molecule has 0 heterocycles. The Labute approximate surface area is 247 Å². The van der Waals surface area contributed by atoms with E-state index < -0.39 is 0 Å². The predicted octanol–water partition coefficient (Wildman–Crippen LogP) is 8.72. The van der Waals surface area contributed by atoms with Crippen LogP contribution in [0.1, 0.15) is 22.3 Å². The Kier molecular flexibility index (Phi) is 9.38. The average Bonchev–Trinajstić information content (AvgIpc) is 3.06. The molecule has 0 N–H and O–H groups in total. The molecule has 0 heteroatoms. The van der Waals surface area contributed by atoms with Crippen molar-refractivity contribution in [1.29, 1.82) is 0 Å². The van der Waals surface area contributed by atoms with Gasteiger partial charge in [0.25, 0.3) is 0 Å². The second-order valence-electron chi connectivity index (χ2n) is 8.83. The van der Waals surface area contributed by atoms with Gasteiger partial charge in [-0.25, -0.2) is 0 Å². The summed E-state index contributed by atoms with van der Waals surface area (Å²) in [6.45, 7) is 0. The van der Waals surface area contributed by atoms with Crippen LogP contribution in [0, 0.1) is 35.5 Å². The standard InChI is InChI=1S/C42H22/c1-7-19-35(20-8-1)39-27-15-5-16-29-41(37-23-11-3-12-24-37)33-34-42(38-25-13-4-14-26-38)30-18-6-17-28-40(32-31-39)36-21-9-2-10-22-36/h1-14,19-26H. The van der Waals surface area contributed by atoms with Gasteiger partial charge in [0.05, 0.1) is 22.3 Å². The van der Waals surface area contributed by atoms with Crippen molar-refractivity contribution in [3.8, 4) is 35.5 Å². The molecule has 0 radical (unpaired) electrons. The van der Waals surface area contributed by atoms with Crippen LogP contribution in [0.2, 0.25) is 0 Å². The zero-order chi connectivity index (χ0) is 28.7. The maximum Gasteiger partial charge on any atom is 0.0824 e. The van der Waals surface area contributed by atoms with Crippen LogP contribution in [0.15, 0.2) is 168 Å². The fraction of sp³-hybridized carbons (Fsp3) is 0. The van der Waals surface area contributed by atoms with Gasteiger partial charge in [0.2, 0.25) is 0 Å². The van der Waals surface area contributed by atoms with Crippen LogP contribution in [-0.4, -0.2) is 0 Å². The highest BCUT2D eigenvalue weighted by atomic mass is 14.0. The molecule has 4 aromatic rings. The van der Waals surface area contributed by atoms with Gasteiger partial charge in [0.15, 0.2) is 0 Å². The number of allylic oxidation sites excluding steroid dienone is 6. The molecule has 5 rings (SSSR count). The number of hydrogen-bond donors (Lipinski definition) is 0. The van der Waals surface area contributed by atoms with Gasteiger partial charge in [0.1, 0.15) is 0 Å². The van der Waals surface area contributed by atoms with E-state index >= 15 is 0 Å². The molecule has 1 aliphatic carbocycles. The minimum Gasteiger partial charge on any atom is -0.0622 e. The molecular formula is C42H22.